The van der Waals surface area contributed by atoms with Gasteiger partial charge < -0.3 is 4.52 Å². The summed E-state index contributed by atoms with van der Waals surface area (Å²) >= 11 is 0. The molecule has 0 aliphatic rings. The fraction of sp³-hybridized carbons (Fsp3) is 1.00. The Kier molecular flexibility index (Phi) is 3.30. The Balaban J connectivity index is 4.10. The van der Waals surface area contributed by atoms with Crippen LogP contribution in [0, 0.1) is 5.41 Å². The van der Waals surface area contributed by atoms with Crippen LogP contribution in [-0.4, -0.2) is 12.8 Å². The van der Waals surface area contributed by atoms with E-state index in [9.17, 15) is 4.57 Å². The highest BCUT2D eigenvalue weighted by Crippen LogP contribution is 2.38. The molecule has 0 spiro atoms. The van der Waals surface area contributed by atoms with E-state index in [1.54, 1.807) is 0 Å². The number of nitrogens with two attached hydrogens (primary N) is 1. The zero-order valence-corrected chi connectivity index (χ0v) is 8.81. The first kappa shape index (κ1) is 11.2. The summed E-state index contributed by atoms with van der Waals surface area (Å²) in [5, 5.41) is 0. The van der Waals surface area contributed by atoms with E-state index in [0.29, 0.717) is 0 Å². The molecule has 11 heavy (non-hydrogen) atoms. The van der Waals surface area contributed by atoms with Gasteiger partial charge >= 0.3 is 0 Å². The molecule has 0 aromatic rings. The van der Waals surface area contributed by atoms with Gasteiger partial charge in [-0.3, -0.25) is 10.1 Å². The summed E-state index contributed by atoms with van der Waals surface area (Å²) in [6.07, 6.45) is -0.0802. The molecule has 0 radical (unpaired) electrons. The van der Waals surface area contributed by atoms with Gasteiger partial charge in [0.2, 0.25) is 0 Å². The van der Waals surface area contributed by atoms with Crippen molar-refractivity contribution < 1.29 is 9.09 Å². The smallest absolute Gasteiger partial charge is 0.264 e. The highest BCUT2D eigenvalue weighted by Gasteiger charge is 2.25. The van der Waals surface area contributed by atoms with Crippen molar-refractivity contribution in [1.29, 1.82) is 0 Å². The third-order valence-electron chi connectivity index (χ3n) is 1.59. The van der Waals surface area contributed by atoms with Crippen molar-refractivity contribution in [2.75, 3.05) is 6.66 Å². The molecule has 0 amide bonds. The van der Waals surface area contributed by atoms with Gasteiger partial charge in [0.15, 0.2) is 0 Å². The second-order valence-corrected chi connectivity index (χ2v) is 6.05. The van der Waals surface area contributed by atoms with Crippen LogP contribution in [-0.2, 0) is 9.09 Å². The maximum Gasteiger partial charge on any atom is 0.264 e. The summed E-state index contributed by atoms with van der Waals surface area (Å²) in [7, 11) is -2.82. The van der Waals surface area contributed by atoms with Gasteiger partial charge in [-0.2, -0.15) is 0 Å². The first-order valence-corrected chi connectivity index (χ1v) is 5.81. The Hall–Kier alpha value is 0.150. The topological polar surface area (TPSA) is 52.3 Å². The summed E-state index contributed by atoms with van der Waals surface area (Å²) in [6.45, 7) is 9.37. The van der Waals surface area contributed by atoms with Crippen LogP contribution in [0.5, 0.6) is 0 Å². The molecule has 0 rings (SSSR count). The second kappa shape index (κ2) is 3.26. The highest BCUT2D eigenvalue weighted by molar-refractivity contribution is 7.55. The largest absolute Gasteiger partial charge is 0.314 e. The third-order valence-corrected chi connectivity index (χ3v) is 2.32. The molecule has 0 aromatic heterocycles. The summed E-state index contributed by atoms with van der Waals surface area (Å²) in [5.74, 6) is 0. The van der Waals surface area contributed by atoms with Gasteiger partial charge in [-0.1, -0.05) is 20.8 Å². The third kappa shape index (κ3) is 5.42. The summed E-state index contributed by atoms with van der Waals surface area (Å²) in [4.78, 5) is 0. The van der Waals surface area contributed by atoms with E-state index < -0.39 is 7.52 Å². The number of hydrogen-bond donors (Lipinski definition) is 1. The molecule has 0 aliphatic heterocycles. The highest BCUT2D eigenvalue weighted by atomic mass is 31.2. The van der Waals surface area contributed by atoms with E-state index >= 15 is 0 Å². The fourth-order valence-corrected chi connectivity index (χ4v) is 1.42. The molecular formula is C7H18NO2P. The molecule has 0 aromatic carbocycles. The van der Waals surface area contributed by atoms with Crippen molar-refractivity contribution in [3.63, 3.8) is 0 Å². The quantitative estimate of drug-likeness (QED) is 0.661. The zero-order chi connectivity index (χ0) is 9.28. The van der Waals surface area contributed by atoms with Crippen LogP contribution >= 0.6 is 7.52 Å². The molecule has 0 bridgehead atoms. The van der Waals surface area contributed by atoms with Gasteiger partial charge in [0.1, 0.15) is 0 Å². The van der Waals surface area contributed by atoms with E-state index in [1.165, 1.54) is 6.66 Å². The van der Waals surface area contributed by atoms with Crippen molar-refractivity contribution in [3.05, 3.63) is 0 Å². The van der Waals surface area contributed by atoms with Crippen LogP contribution in [0.2, 0.25) is 0 Å². The Bertz CT molecular complexity index is 168. The van der Waals surface area contributed by atoms with Crippen molar-refractivity contribution in [1.82, 2.24) is 0 Å². The van der Waals surface area contributed by atoms with Crippen LogP contribution < -0.4 is 5.50 Å². The molecule has 3 nitrogen and oxygen atoms in total. The van der Waals surface area contributed by atoms with E-state index in [2.05, 4.69) is 0 Å². The Morgan fingerprint density at radius 2 is 1.82 bits per heavy atom. The van der Waals surface area contributed by atoms with E-state index in [-0.39, 0.29) is 11.5 Å². The fourth-order valence-electron chi connectivity index (χ4n) is 0.472. The average Bonchev–Trinajstić information content (AvgIpc) is 1.56. The van der Waals surface area contributed by atoms with E-state index in [0.717, 1.165) is 0 Å². The molecule has 0 heterocycles. The molecule has 68 valence electrons. The molecule has 0 saturated carbocycles. The Morgan fingerprint density at radius 1 is 1.45 bits per heavy atom. The first-order chi connectivity index (χ1) is 4.63. The minimum absolute atomic E-state index is 0.00889. The molecule has 0 aliphatic carbocycles. The molecule has 0 fully saturated rings. The standard InChI is InChI=1S/C7H18NO2P/c1-6(7(2,3)4)10-11(5,8)9/h6H,1-5H3,(H2,8,9). The number of rotatable bonds is 2. The van der Waals surface area contributed by atoms with Crippen molar-refractivity contribution >= 4 is 7.52 Å². The van der Waals surface area contributed by atoms with Crippen molar-refractivity contribution in [3.8, 4) is 0 Å². The SMILES string of the molecule is CC(OP(C)(N)=O)C(C)(C)C. The predicted molar refractivity (Wildman–Crippen MR) is 47.7 cm³/mol. The monoisotopic (exact) mass is 179 g/mol. The molecule has 2 atom stereocenters. The lowest BCUT2D eigenvalue weighted by molar-refractivity contribution is 0.107. The zero-order valence-electron chi connectivity index (χ0n) is 7.92. The van der Waals surface area contributed by atoms with Crippen LogP contribution in [0.1, 0.15) is 27.7 Å². The molecule has 2 unspecified atom stereocenters. The molecule has 0 saturated heterocycles. The summed E-state index contributed by atoms with van der Waals surface area (Å²) in [5.41, 5.74) is 5.26. The van der Waals surface area contributed by atoms with Crippen LogP contribution in [0.15, 0.2) is 0 Å². The molecular weight excluding hydrogens is 161 g/mol. The van der Waals surface area contributed by atoms with Crippen molar-refractivity contribution in [2.45, 2.75) is 33.8 Å². The van der Waals surface area contributed by atoms with Crippen LogP contribution in [0.3, 0.4) is 0 Å². The average molecular weight is 179 g/mol. The minimum Gasteiger partial charge on any atom is -0.314 e. The maximum absolute atomic E-state index is 11.0. The normalized spacial score (nSPS) is 20.9. The van der Waals surface area contributed by atoms with E-state index in [4.69, 9.17) is 10.0 Å². The predicted octanol–water partition coefficient (Wildman–Crippen LogP) is 2.22. The van der Waals surface area contributed by atoms with Gasteiger partial charge in [0.25, 0.3) is 7.52 Å². The van der Waals surface area contributed by atoms with Gasteiger partial charge in [0.05, 0.1) is 6.10 Å². The first-order valence-electron chi connectivity index (χ1n) is 3.67. The van der Waals surface area contributed by atoms with Crippen molar-refractivity contribution in [2.24, 2.45) is 10.9 Å². The van der Waals surface area contributed by atoms with E-state index in [1.807, 2.05) is 27.7 Å². The van der Waals surface area contributed by atoms with Gasteiger partial charge in [-0.05, 0) is 12.3 Å². The molecule has 2 N–H and O–H groups in total. The van der Waals surface area contributed by atoms with Gasteiger partial charge in [-0.25, -0.2) is 0 Å². The maximum atomic E-state index is 11.0. The Morgan fingerprint density at radius 3 is 1.91 bits per heavy atom. The van der Waals surface area contributed by atoms with Gasteiger partial charge in [-0.15, -0.1) is 0 Å². The van der Waals surface area contributed by atoms with Gasteiger partial charge in [0, 0.05) is 6.66 Å². The lowest BCUT2D eigenvalue weighted by Crippen LogP contribution is -2.26. The molecule has 4 heteroatoms. The lowest BCUT2D eigenvalue weighted by atomic mass is 9.91. The Labute approximate surface area is 68.8 Å². The minimum atomic E-state index is -2.82. The lowest BCUT2D eigenvalue weighted by Gasteiger charge is -2.28. The summed E-state index contributed by atoms with van der Waals surface area (Å²) in [6, 6.07) is 0. The van der Waals surface area contributed by atoms with Crippen LogP contribution in [0.4, 0.5) is 0 Å². The summed E-state index contributed by atoms with van der Waals surface area (Å²) < 4.78 is 16.2. The number of hydrogen-bond acceptors (Lipinski definition) is 2. The second-order valence-electron chi connectivity index (χ2n) is 4.02. The van der Waals surface area contributed by atoms with Crippen LogP contribution in [0.25, 0.3) is 0 Å².